The molecule has 6 nitrogen and oxygen atoms in total. The lowest BCUT2D eigenvalue weighted by Crippen LogP contribution is -2.33. The van der Waals surface area contributed by atoms with Gasteiger partial charge in [-0.15, -0.1) is 22.0 Å². The first-order chi connectivity index (χ1) is 9.83. The molecular formula is C13H15N5OS. The zero-order chi connectivity index (χ0) is 13.8. The van der Waals surface area contributed by atoms with Gasteiger partial charge in [0.05, 0.1) is 5.25 Å². The number of thioether (sulfide) groups is 1. The predicted octanol–water partition coefficient (Wildman–Crippen LogP) is 0.966. The lowest BCUT2D eigenvalue weighted by molar-refractivity contribution is -0.120. The van der Waals surface area contributed by atoms with Crippen LogP contribution in [0.15, 0.2) is 29.2 Å². The Morgan fingerprint density at radius 2 is 2.35 bits per heavy atom. The van der Waals surface area contributed by atoms with Gasteiger partial charge in [0.2, 0.25) is 5.91 Å². The number of nitrogens with zero attached hydrogens (tertiary/aromatic N) is 3. The number of carbonyl (C=O) groups excluding carboxylic acids is 1. The van der Waals surface area contributed by atoms with Crippen molar-refractivity contribution in [2.45, 2.75) is 29.4 Å². The van der Waals surface area contributed by atoms with Gasteiger partial charge in [0, 0.05) is 17.9 Å². The van der Waals surface area contributed by atoms with Crippen LogP contribution in [0.3, 0.4) is 0 Å². The van der Waals surface area contributed by atoms with Crippen molar-refractivity contribution in [3.8, 4) is 0 Å². The molecule has 1 amide bonds. The number of benzene rings is 1. The van der Waals surface area contributed by atoms with E-state index in [1.54, 1.807) is 11.8 Å². The largest absolute Gasteiger partial charge is 0.355 e. The molecule has 0 bridgehead atoms. The van der Waals surface area contributed by atoms with E-state index in [2.05, 4.69) is 38.1 Å². The molecule has 1 aliphatic rings. The Bertz CT molecular complexity index is 561. The van der Waals surface area contributed by atoms with Gasteiger partial charge in [0.15, 0.2) is 5.82 Å². The Labute approximate surface area is 120 Å². The van der Waals surface area contributed by atoms with Crippen LogP contribution in [0.5, 0.6) is 0 Å². The van der Waals surface area contributed by atoms with Crippen LogP contribution in [0.2, 0.25) is 0 Å². The molecule has 7 heteroatoms. The Hall–Kier alpha value is -1.89. The maximum atomic E-state index is 12.1. The van der Waals surface area contributed by atoms with Crippen LogP contribution in [0.1, 0.15) is 17.8 Å². The van der Waals surface area contributed by atoms with Gasteiger partial charge in [0.1, 0.15) is 0 Å². The maximum Gasteiger partial charge on any atom is 0.233 e. The molecule has 0 spiro atoms. The van der Waals surface area contributed by atoms with Crippen molar-refractivity contribution >= 4 is 17.7 Å². The first-order valence-corrected chi connectivity index (χ1v) is 7.45. The number of H-pyrrole nitrogens is 1. The van der Waals surface area contributed by atoms with Gasteiger partial charge < -0.3 is 5.32 Å². The molecule has 2 aromatic rings. The van der Waals surface area contributed by atoms with Gasteiger partial charge in [-0.1, -0.05) is 23.4 Å². The highest BCUT2D eigenvalue weighted by Crippen LogP contribution is 2.36. The van der Waals surface area contributed by atoms with E-state index in [0.29, 0.717) is 12.4 Å². The number of nitrogens with one attached hydrogen (secondary N) is 2. The topological polar surface area (TPSA) is 83.6 Å². The van der Waals surface area contributed by atoms with Gasteiger partial charge >= 0.3 is 0 Å². The van der Waals surface area contributed by atoms with Gasteiger partial charge in [0.25, 0.3) is 0 Å². The van der Waals surface area contributed by atoms with E-state index in [1.165, 1.54) is 10.5 Å². The summed E-state index contributed by atoms with van der Waals surface area (Å²) >= 11 is 1.65. The normalized spacial score (nSPS) is 16.9. The molecule has 104 valence electrons. The number of hydrogen-bond donors (Lipinski definition) is 2. The lowest BCUT2D eigenvalue weighted by atomic mass is 10.1. The van der Waals surface area contributed by atoms with Gasteiger partial charge in [-0.25, -0.2) is 0 Å². The summed E-state index contributed by atoms with van der Waals surface area (Å²) in [6.45, 7) is 0.640. The third kappa shape index (κ3) is 2.98. The summed E-state index contributed by atoms with van der Waals surface area (Å²) in [5.41, 5.74) is 1.27. The highest BCUT2D eigenvalue weighted by atomic mass is 32.2. The van der Waals surface area contributed by atoms with Crippen LogP contribution in [-0.2, 0) is 17.6 Å². The van der Waals surface area contributed by atoms with Crippen LogP contribution < -0.4 is 5.32 Å². The average Bonchev–Trinajstić information content (AvgIpc) is 3.12. The molecule has 0 aliphatic carbocycles. The van der Waals surface area contributed by atoms with E-state index in [4.69, 9.17) is 0 Å². The standard InChI is InChI=1S/C13H15N5OS/c19-13(14-7-3-6-12-15-17-18-16-12)11-8-9-4-1-2-5-10(9)20-11/h1-2,4-5,11H,3,6-8H2,(H,14,19)(H,15,16,17,18). The number of rotatable bonds is 5. The SMILES string of the molecule is O=C(NCCCc1nn[nH]n1)C1Cc2ccccc2S1. The third-order valence-corrected chi connectivity index (χ3v) is 4.52. The molecule has 0 radical (unpaired) electrons. The molecule has 1 aromatic carbocycles. The molecule has 2 N–H and O–H groups in total. The number of amides is 1. The monoisotopic (exact) mass is 289 g/mol. The fraction of sp³-hybridized carbons (Fsp3) is 0.385. The highest BCUT2D eigenvalue weighted by Gasteiger charge is 2.27. The quantitative estimate of drug-likeness (QED) is 0.801. The Morgan fingerprint density at radius 3 is 3.15 bits per heavy atom. The van der Waals surface area contributed by atoms with Crippen LogP contribution >= 0.6 is 11.8 Å². The minimum Gasteiger partial charge on any atom is -0.355 e. The number of aryl methyl sites for hydroxylation is 1. The molecule has 20 heavy (non-hydrogen) atoms. The summed E-state index contributed by atoms with van der Waals surface area (Å²) in [5, 5.41) is 16.6. The molecular weight excluding hydrogens is 274 g/mol. The number of aromatic amines is 1. The number of fused-ring (bicyclic) bond motifs is 1. The van der Waals surface area contributed by atoms with Crippen molar-refractivity contribution in [2.75, 3.05) is 6.54 Å². The first-order valence-electron chi connectivity index (χ1n) is 6.57. The van der Waals surface area contributed by atoms with Crippen molar-refractivity contribution in [2.24, 2.45) is 0 Å². The molecule has 1 unspecified atom stereocenters. The van der Waals surface area contributed by atoms with Gasteiger partial charge in [-0.3, -0.25) is 4.79 Å². The van der Waals surface area contributed by atoms with Crippen molar-refractivity contribution < 1.29 is 4.79 Å². The summed E-state index contributed by atoms with van der Waals surface area (Å²) in [6, 6.07) is 8.19. The van der Waals surface area contributed by atoms with E-state index in [0.717, 1.165) is 19.3 Å². The van der Waals surface area contributed by atoms with Crippen LogP contribution in [0.4, 0.5) is 0 Å². The number of aromatic nitrogens is 4. The number of tetrazole rings is 1. The first kappa shape index (κ1) is 13.1. The summed E-state index contributed by atoms with van der Waals surface area (Å²) < 4.78 is 0. The number of hydrogen-bond acceptors (Lipinski definition) is 5. The maximum absolute atomic E-state index is 12.1. The van der Waals surface area contributed by atoms with Gasteiger partial charge in [-0.2, -0.15) is 5.21 Å². The molecule has 0 saturated carbocycles. The average molecular weight is 289 g/mol. The zero-order valence-corrected chi connectivity index (χ0v) is 11.7. The Balaban J connectivity index is 1.42. The van der Waals surface area contributed by atoms with Crippen LogP contribution in [0.25, 0.3) is 0 Å². The fourth-order valence-corrected chi connectivity index (χ4v) is 3.41. The number of carbonyl (C=O) groups is 1. The van der Waals surface area contributed by atoms with E-state index < -0.39 is 0 Å². The van der Waals surface area contributed by atoms with E-state index >= 15 is 0 Å². The summed E-state index contributed by atoms with van der Waals surface area (Å²) in [4.78, 5) is 13.3. The molecule has 0 fully saturated rings. The molecule has 1 aromatic heterocycles. The van der Waals surface area contributed by atoms with Crippen molar-refractivity contribution in [1.82, 2.24) is 25.9 Å². The van der Waals surface area contributed by atoms with Gasteiger partial charge in [-0.05, 0) is 24.5 Å². The van der Waals surface area contributed by atoms with E-state index in [1.807, 2.05) is 12.1 Å². The van der Waals surface area contributed by atoms with Crippen molar-refractivity contribution in [3.05, 3.63) is 35.7 Å². The zero-order valence-electron chi connectivity index (χ0n) is 10.9. The third-order valence-electron chi connectivity index (χ3n) is 3.21. The van der Waals surface area contributed by atoms with E-state index in [9.17, 15) is 4.79 Å². The van der Waals surface area contributed by atoms with Crippen molar-refractivity contribution in [1.29, 1.82) is 0 Å². The minimum absolute atomic E-state index is 0.00225. The second-order valence-electron chi connectivity index (χ2n) is 4.64. The van der Waals surface area contributed by atoms with Crippen LogP contribution in [-0.4, -0.2) is 38.3 Å². The second-order valence-corrected chi connectivity index (χ2v) is 5.89. The predicted molar refractivity (Wildman–Crippen MR) is 75.3 cm³/mol. The lowest BCUT2D eigenvalue weighted by Gasteiger charge is -2.09. The summed E-state index contributed by atoms with van der Waals surface area (Å²) in [6.07, 6.45) is 2.35. The van der Waals surface area contributed by atoms with E-state index in [-0.39, 0.29) is 11.2 Å². The molecule has 2 heterocycles. The fourth-order valence-electron chi connectivity index (χ4n) is 2.19. The molecule has 1 atom stereocenters. The molecule has 3 rings (SSSR count). The highest BCUT2D eigenvalue weighted by molar-refractivity contribution is 8.01. The van der Waals surface area contributed by atoms with Crippen molar-refractivity contribution in [3.63, 3.8) is 0 Å². The smallest absolute Gasteiger partial charge is 0.233 e. The Morgan fingerprint density at radius 1 is 1.45 bits per heavy atom. The molecule has 0 saturated heterocycles. The van der Waals surface area contributed by atoms with Crippen LogP contribution in [0, 0.1) is 0 Å². The Kier molecular flexibility index (Phi) is 3.96. The second kappa shape index (κ2) is 6.04. The minimum atomic E-state index is -0.00225. The summed E-state index contributed by atoms with van der Waals surface area (Å²) in [5.74, 6) is 0.793. The summed E-state index contributed by atoms with van der Waals surface area (Å²) in [7, 11) is 0. The molecule has 1 aliphatic heterocycles.